The molecule has 0 bridgehead atoms. The Morgan fingerprint density at radius 3 is 2.45 bits per heavy atom. The number of hydrogen-bond acceptors (Lipinski definition) is 3. The lowest BCUT2D eigenvalue weighted by Crippen LogP contribution is -2.15. The van der Waals surface area contributed by atoms with E-state index in [0.29, 0.717) is 12.1 Å². The van der Waals surface area contributed by atoms with Crippen molar-refractivity contribution >= 4 is 0 Å². The van der Waals surface area contributed by atoms with Gasteiger partial charge in [-0.2, -0.15) is 13.2 Å². The van der Waals surface area contributed by atoms with Gasteiger partial charge < -0.3 is 14.8 Å². The molecule has 0 unspecified atom stereocenters. The van der Waals surface area contributed by atoms with Crippen LogP contribution in [0.2, 0.25) is 0 Å². The van der Waals surface area contributed by atoms with Crippen LogP contribution in [0.4, 0.5) is 13.2 Å². The van der Waals surface area contributed by atoms with Crippen molar-refractivity contribution in [1.29, 1.82) is 0 Å². The first-order chi connectivity index (χ1) is 9.34. The lowest BCUT2D eigenvalue weighted by atomic mass is 10.1. The van der Waals surface area contributed by atoms with Crippen molar-refractivity contribution < 1.29 is 22.6 Å². The summed E-state index contributed by atoms with van der Waals surface area (Å²) in [5, 5.41) is 2.82. The van der Waals surface area contributed by atoms with Gasteiger partial charge >= 0.3 is 6.18 Å². The van der Waals surface area contributed by atoms with E-state index in [4.69, 9.17) is 9.47 Å². The largest absolute Gasteiger partial charge is 0.491 e. The topological polar surface area (TPSA) is 30.5 Å². The Bertz CT molecular complexity index is 419. The van der Waals surface area contributed by atoms with Crippen molar-refractivity contribution in [1.82, 2.24) is 5.32 Å². The fourth-order valence-electron chi connectivity index (χ4n) is 1.67. The highest BCUT2D eigenvalue weighted by Crippen LogP contribution is 2.36. The molecule has 0 fully saturated rings. The first kappa shape index (κ1) is 16.8. The molecule has 0 amide bonds. The fraction of sp³-hybridized carbons (Fsp3) is 0.571. The monoisotopic (exact) mass is 291 g/mol. The third-order valence-electron chi connectivity index (χ3n) is 2.52. The molecule has 0 aliphatic heterocycles. The molecule has 6 heteroatoms. The SMILES string of the molecule is CNCc1ccc(OCCOC(C)C)c(C(F)(F)F)c1. The van der Waals surface area contributed by atoms with Crippen LogP contribution in [0.15, 0.2) is 18.2 Å². The zero-order chi connectivity index (χ0) is 15.2. The van der Waals surface area contributed by atoms with Gasteiger partial charge in [-0.1, -0.05) is 6.07 Å². The molecule has 1 N–H and O–H groups in total. The fourth-order valence-corrected chi connectivity index (χ4v) is 1.67. The van der Waals surface area contributed by atoms with Gasteiger partial charge in [0.1, 0.15) is 12.4 Å². The number of nitrogens with one attached hydrogen (secondary N) is 1. The Kier molecular flexibility index (Phi) is 6.29. The lowest BCUT2D eigenvalue weighted by Gasteiger charge is -2.16. The molecular formula is C14H20F3NO2. The molecule has 0 atom stereocenters. The maximum absolute atomic E-state index is 13.0. The molecule has 114 valence electrons. The van der Waals surface area contributed by atoms with E-state index in [2.05, 4.69) is 5.32 Å². The Labute approximate surface area is 117 Å². The third kappa shape index (κ3) is 5.38. The van der Waals surface area contributed by atoms with Crippen LogP contribution < -0.4 is 10.1 Å². The quantitative estimate of drug-likeness (QED) is 0.782. The van der Waals surface area contributed by atoms with E-state index >= 15 is 0 Å². The van der Waals surface area contributed by atoms with E-state index in [9.17, 15) is 13.2 Å². The highest BCUT2D eigenvalue weighted by atomic mass is 19.4. The van der Waals surface area contributed by atoms with Crippen molar-refractivity contribution in [3.8, 4) is 5.75 Å². The minimum Gasteiger partial charge on any atom is -0.491 e. The van der Waals surface area contributed by atoms with Gasteiger partial charge in [0.15, 0.2) is 0 Å². The number of alkyl halides is 3. The van der Waals surface area contributed by atoms with E-state index in [-0.39, 0.29) is 25.1 Å². The van der Waals surface area contributed by atoms with E-state index in [1.165, 1.54) is 6.07 Å². The zero-order valence-electron chi connectivity index (χ0n) is 11.9. The molecule has 3 nitrogen and oxygen atoms in total. The molecule has 0 radical (unpaired) electrons. The summed E-state index contributed by atoms with van der Waals surface area (Å²) in [5.74, 6) is -0.162. The molecule has 0 saturated carbocycles. The molecular weight excluding hydrogens is 271 g/mol. The summed E-state index contributed by atoms with van der Waals surface area (Å²) < 4.78 is 49.3. The Hall–Kier alpha value is -1.27. The van der Waals surface area contributed by atoms with Crippen LogP contribution in [0.5, 0.6) is 5.75 Å². The van der Waals surface area contributed by atoms with Crippen LogP contribution in [0.25, 0.3) is 0 Å². The molecule has 0 saturated heterocycles. The summed E-state index contributed by atoms with van der Waals surface area (Å²) >= 11 is 0. The first-order valence-electron chi connectivity index (χ1n) is 6.43. The Morgan fingerprint density at radius 2 is 1.90 bits per heavy atom. The smallest absolute Gasteiger partial charge is 0.419 e. The number of ether oxygens (including phenoxy) is 2. The number of benzene rings is 1. The van der Waals surface area contributed by atoms with E-state index in [0.717, 1.165) is 6.07 Å². The Morgan fingerprint density at radius 1 is 1.20 bits per heavy atom. The van der Waals surface area contributed by atoms with Gasteiger partial charge in [-0.15, -0.1) is 0 Å². The average molecular weight is 291 g/mol. The van der Waals surface area contributed by atoms with Gasteiger partial charge in [0.25, 0.3) is 0 Å². The van der Waals surface area contributed by atoms with Crippen molar-refractivity contribution in [2.24, 2.45) is 0 Å². The van der Waals surface area contributed by atoms with Gasteiger partial charge in [-0.3, -0.25) is 0 Å². The van der Waals surface area contributed by atoms with Crippen LogP contribution in [0.3, 0.4) is 0 Å². The van der Waals surface area contributed by atoms with Crippen LogP contribution >= 0.6 is 0 Å². The second-order valence-corrected chi connectivity index (χ2v) is 4.63. The van der Waals surface area contributed by atoms with Gasteiger partial charge in [-0.05, 0) is 38.6 Å². The van der Waals surface area contributed by atoms with Crippen molar-refractivity contribution in [3.05, 3.63) is 29.3 Å². The minimum atomic E-state index is -4.43. The average Bonchev–Trinajstić information content (AvgIpc) is 2.34. The normalized spacial score (nSPS) is 11.9. The maximum Gasteiger partial charge on any atom is 0.419 e. The van der Waals surface area contributed by atoms with E-state index in [1.807, 2.05) is 13.8 Å². The molecule has 0 spiro atoms. The molecule has 0 heterocycles. The van der Waals surface area contributed by atoms with Crippen LogP contribution in [0.1, 0.15) is 25.0 Å². The van der Waals surface area contributed by atoms with Crippen molar-refractivity contribution in [3.63, 3.8) is 0 Å². The van der Waals surface area contributed by atoms with Gasteiger partial charge in [-0.25, -0.2) is 0 Å². The van der Waals surface area contributed by atoms with Gasteiger partial charge in [0.05, 0.1) is 18.3 Å². The summed E-state index contributed by atoms with van der Waals surface area (Å²) in [6, 6.07) is 4.07. The predicted molar refractivity (Wildman–Crippen MR) is 70.8 cm³/mol. The van der Waals surface area contributed by atoms with Crippen molar-refractivity contribution in [2.45, 2.75) is 32.7 Å². The van der Waals surface area contributed by atoms with Crippen LogP contribution in [0, 0.1) is 0 Å². The molecule has 1 rings (SSSR count). The minimum absolute atomic E-state index is 0.0266. The zero-order valence-corrected chi connectivity index (χ0v) is 11.9. The number of halogens is 3. The maximum atomic E-state index is 13.0. The molecule has 1 aromatic carbocycles. The summed E-state index contributed by atoms with van der Waals surface area (Å²) in [4.78, 5) is 0. The molecule has 0 aromatic heterocycles. The van der Waals surface area contributed by atoms with Crippen LogP contribution in [-0.4, -0.2) is 26.4 Å². The summed E-state index contributed by atoms with van der Waals surface area (Å²) in [5.41, 5.74) is -0.194. The molecule has 20 heavy (non-hydrogen) atoms. The third-order valence-corrected chi connectivity index (χ3v) is 2.52. The second-order valence-electron chi connectivity index (χ2n) is 4.63. The van der Waals surface area contributed by atoms with E-state index in [1.54, 1.807) is 13.1 Å². The second kappa shape index (κ2) is 7.50. The van der Waals surface area contributed by atoms with E-state index < -0.39 is 11.7 Å². The molecule has 1 aromatic rings. The number of hydrogen-bond donors (Lipinski definition) is 1. The number of rotatable bonds is 7. The summed E-state index contributed by atoms with van der Waals surface area (Å²) in [7, 11) is 1.68. The van der Waals surface area contributed by atoms with Crippen molar-refractivity contribution in [2.75, 3.05) is 20.3 Å². The Balaban J connectivity index is 2.78. The standard InChI is InChI=1S/C14H20F3NO2/c1-10(2)19-6-7-20-13-5-4-11(9-18-3)8-12(13)14(15,16)17/h4-5,8,10,18H,6-7,9H2,1-3H3. The first-order valence-corrected chi connectivity index (χ1v) is 6.43. The molecule has 0 aliphatic carbocycles. The molecule has 0 aliphatic rings. The summed E-state index contributed by atoms with van der Waals surface area (Å²) in [6.07, 6.45) is -4.41. The lowest BCUT2D eigenvalue weighted by molar-refractivity contribution is -0.139. The summed E-state index contributed by atoms with van der Waals surface area (Å²) in [6.45, 7) is 4.43. The van der Waals surface area contributed by atoms with Crippen LogP contribution in [-0.2, 0) is 17.5 Å². The van der Waals surface area contributed by atoms with Gasteiger partial charge in [0, 0.05) is 6.54 Å². The highest BCUT2D eigenvalue weighted by Gasteiger charge is 2.34. The predicted octanol–water partition coefficient (Wildman–Crippen LogP) is 3.23. The van der Waals surface area contributed by atoms with Gasteiger partial charge in [0.2, 0.25) is 0 Å². The highest BCUT2D eigenvalue weighted by molar-refractivity contribution is 5.39.